The molecule has 5 rings (SSSR count). The van der Waals surface area contributed by atoms with Gasteiger partial charge in [0, 0.05) is 42.0 Å². The standard InChI is InChI=1S/C26H25N9O/c1-17(2)32-22-11-24(35-16-30-23-13-34(14-27)15-31-25(23)35)29-12-21(22)26(36)33-20-5-3-18(4-6-20)19-7-9-28-10-8-19/h3,7-13,15-17,20H,4-6H2,1-2H3,(H-,29,32,33,36)/p+1/t20-/m1/s1. The molecule has 0 saturated carbocycles. The second kappa shape index (κ2) is 9.92. The summed E-state index contributed by atoms with van der Waals surface area (Å²) in [7, 11) is 0. The molecule has 180 valence electrons. The molecule has 0 spiro atoms. The van der Waals surface area contributed by atoms with Gasteiger partial charge in [0.1, 0.15) is 18.3 Å². The highest BCUT2D eigenvalue weighted by Gasteiger charge is 2.22. The SMILES string of the molecule is CC(C)Nc1cc(-n2cnc3c[n+](C#N)cnc32)ncc1C(=O)N[C@@H]1CC=C(c2ccncc2)CC1. The van der Waals surface area contributed by atoms with Crippen LogP contribution in [0.3, 0.4) is 0 Å². The number of nitrogens with zero attached hydrogens (tertiary/aromatic N) is 7. The third-order valence-electron chi connectivity index (χ3n) is 6.07. The Morgan fingerprint density at radius 1 is 1.25 bits per heavy atom. The van der Waals surface area contributed by atoms with Crippen LogP contribution in [0, 0.1) is 11.5 Å². The number of nitrogens with one attached hydrogen (secondary N) is 2. The number of nitriles is 1. The molecule has 1 atom stereocenters. The maximum absolute atomic E-state index is 13.3. The second-order valence-electron chi connectivity index (χ2n) is 9.00. The number of allylic oxidation sites excluding steroid dienone is 1. The molecule has 4 aromatic heterocycles. The molecule has 36 heavy (non-hydrogen) atoms. The molecule has 2 N–H and O–H groups in total. The number of carbonyl (C=O) groups is 1. The molecule has 1 aliphatic carbocycles. The summed E-state index contributed by atoms with van der Waals surface area (Å²) < 4.78 is 3.02. The molecule has 0 saturated heterocycles. The summed E-state index contributed by atoms with van der Waals surface area (Å²) >= 11 is 0. The first kappa shape index (κ1) is 23.1. The average Bonchev–Trinajstić information content (AvgIpc) is 3.32. The summed E-state index contributed by atoms with van der Waals surface area (Å²) in [6.45, 7) is 4.03. The number of imidazole rings is 1. The van der Waals surface area contributed by atoms with Gasteiger partial charge in [0.05, 0.1) is 11.3 Å². The number of hydrogen-bond donors (Lipinski definition) is 2. The van der Waals surface area contributed by atoms with Crippen molar-refractivity contribution in [2.45, 2.75) is 45.2 Å². The zero-order chi connectivity index (χ0) is 25.1. The molecule has 0 unspecified atom stereocenters. The van der Waals surface area contributed by atoms with E-state index in [1.54, 1.807) is 35.7 Å². The monoisotopic (exact) mass is 480 g/mol. The zero-order valence-corrected chi connectivity index (χ0v) is 20.1. The maximum atomic E-state index is 13.3. The van der Waals surface area contributed by atoms with Crippen LogP contribution in [-0.2, 0) is 0 Å². The molecule has 0 fully saturated rings. The van der Waals surface area contributed by atoms with Gasteiger partial charge in [-0.25, -0.2) is 9.97 Å². The summed E-state index contributed by atoms with van der Waals surface area (Å²) in [5, 5.41) is 15.6. The fourth-order valence-electron chi connectivity index (χ4n) is 4.32. The van der Waals surface area contributed by atoms with Crippen LogP contribution >= 0.6 is 0 Å². The lowest BCUT2D eigenvalue weighted by molar-refractivity contribution is -0.588. The Hall–Kier alpha value is -4.65. The Bertz CT molecular complexity index is 1480. The van der Waals surface area contributed by atoms with Gasteiger partial charge in [0.15, 0.2) is 5.52 Å². The Balaban J connectivity index is 1.37. The van der Waals surface area contributed by atoms with E-state index in [1.165, 1.54) is 22.0 Å². The van der Waals surface area contributed by atoms with Crippen molar-refractivity contribution in [3.8, 4) is 12.0 Å². The van der Waals surface area contributed by atoms with Gasteiger partial charge in [-0.3, -0.25) is 14.3 Å². The van der Waals surface area contributed by atoms with Crippen LogP contribution in [0.1, 0.15) is 49.0 Å². The highest BCUT2D eigenvalue weighted by Crippen LogP contribution is 2.27. The lowest BCUT2D eigenvalue weighted by atomic mass is 9.91. The molecular weight excluding hydrogens is 454 g/mol. The summed E-state index contributed by atoms with van der Waals surface area (Å²) in [6.07, 6.45) is 16.6. The van der Waals surface area contributed by atoms with Crippen LogP contribution in [0.2, 0.25) is 0 Å². The predicted molar refractivity (Wildman–Crippen MR) is 134 cm³/mol. The summed E-state index contributed by atoms with van der Waals surface area (Å²) in [5.41, 5.74) is 4.77. The minimum atomic E-state index is -0.161. The lowest BCUT2D eigenvalue weighted by Gasteiger charge is -2.24. The summed E-state index contributed by atoms with van der Waals surface area (Å²) in [4.78, 5) is 30.6. The molecule has 0 bridgehead atoms. The Labute approximate surface area is 208 Å². The third-order valence-corrected chi connectivity index (χ3v) is 6.07. The fraction of sp³-hybridized carbons (Fsp3) is 0.269. The van der Waals surface area contributed by atoms with E-state index in [-0.39, 0.29) is 18.0 Å². The molecule has 0 aromatic carbocycles. The number of rotatable bonds is 6. The normalized spacial score (nSPS) is 15.4. The van der Waals surface area contributed by atoms with Crippen LogP contribution in [0.5, 0.6) is 0 Å². The molecule has 10 heteroatoms. The number of pyridine rings is 2. The zero-order valence-electron chi connectivity index (χ0n) is 20.1. The first-order chi connectivity index (χ1) is 17.5. The second-order valence-corrected chi connectivity index (χ2v) is 9.00. The van der Waals surface area contributed by atoms with E-state index < -0.39 is 0 Å². The Kier molecular flexibility index (Phi) is 6.36. The summed E-state index contributed by atoms with van der Waals surface area (Å²) in [5.74, 6) is 0.411. The van der Waals surface area contributed by atoms with E-state index in [0.717, 1.165) is 19.3 Å². The molecule has 4 aromatic rings. The quantitative estimate of drug-likeness (QED) is 0.406. The van der Waals surface area contributed by atoms with Gasteiger partial charge >= 0.3 is 6.19 Å². The van der Waals surface area contributed by atoms with E-state index in [0.29, 0.717) is 28.2 Å². The third kappa shape index (κ3) is 4.77. The highest BCUT2D eigenvalue weighted by atomic mass is 16.1. The molecule has 1 aliphatic rings. The molecular formula is C26H26N9O+. The van der Waals surface area contributed by atoms with Crippen molar-refractivity contribution in [1.29, 1.82) is 5.26 Å². The fourth-order valence-corrected chi connectivity index (χ4v) is 4.32. The van der Waals surface area contributed by atoms with Crippen molar-refractivity contribution in [2.24, 2.45) is 0 Å². The van der Waals surface area contributed by atoms with Crippen LogP contribution in [0.15, 0.2) is 61.7 Å². The van der Waals surface area contributed by atoms with Crippen LogP contribution < -0.4 is 15.2 Å². The van der Waals surface area contributed by atoms with Crippen LogP contribution in [-0.4, -0.2) is 42.5 Å². The number of anilines is 1. The number of amides is 1. The van der Waals surface area contributed by atoms with Gasteiger partial charge in [-0.15, -0.1) is 0 Å². The predicted octanol–water partition coefficient (Wildman–Crippen LogP) is 3.01. The molecule has 4 heterocycles. The molecule has 10 nitrogen and oxygen atoms in total. The molecule has 1 amide bonds. The van der Waals surface area contributed by atoms with E-state index >= 15 is 0 Å². The summed E-state index contributed by atoms with van der Waals surface area (Å²) in [6, 6.07) is 6.03. The number of carbonyl (C=O) groups excluding carboxylic acids is 1. The molecule has 0 radical (unpaired) electrons. The first-order valence-electron chi connectivity index (χ1n) is 11.8. The van der Waals surface area contributed by atoms with Gasteiger partial charge < -0.3 is 10.6 Å². The Morgan fingerprint density at radius 2 is 2.08 bits per heavy atom. The minimum absolute atomic E-state index is 0.0586. The van der Waals surface area contributed by atoms with Gasteiger partial charge in [-0.1, -0.05) is 11.1 Å². The van der Waals surface area contributed by atoms with Gasteiger partial charge in [0.2, 0.25) is 12.0 Å². The Morgan fingerprint density at radius 3 is 2.81 bits per heavy atom. The lowest BCUT2D eigenvalue weighted by Crippen LogP contribution is -2.36. The van der Waals surface area contributed by atoms with Crippen molar-refractivity contribution in [3.05, 3.63) is 72.8 Å². The van der Waals surface area contributed by atoms with Crippen LogP contribution in [0.4, 0.5) is 5.69 Å². The average molecular weight is 481 g/mol. The van der Waals surface area contributed by atoms with E-state index in [1.807, 2.05) is 38.2 Å². The van der Waals surface area contributed by atoms with Gasteiger partial charge in [-0.2, -0.15) is 4.57 Å². The van der Waals surface area contributed by atoms with Crippen molar-refractivity contribution in [3.63, 3.8) is 0 Å². The maximum Gasteiger partial charge on any atom is 0.375 e. The number of hydrogen-bond acceptors (Lipinski definition) is 7. The van der Waals surface area contributed by atoms with Gasteiger partial charge in [-0.05, 0) is 56.4 Å². The van der Waals surface area contributed by atoms with Crippen LogP contribution in [0.25, 0.3) is 22.6 Å². The van der Waals surface area contributed by atoms with Crippen molar-refractivity contribution >= 4 is 28.3 Å². The minimum Gasteiger partial charge on any atom is -0.382 e. The van der Waals surface area contributed by atoms with E-state index in [2.05, 4.69) is 36.6 Å². The van der Waals surface area contributed by atoms with Gasteiger partial charge in [0.25, 0.3) is 5.91 Å². The van der Waals surface area contributed by atoms with E-state index in [9.17, 15) is 4.79 Å². The first-order valence-corrected chi connectivity index (χ1v) is 11.8. The smallest absolute Gasteiger partial charge is 0.375 e. The van der Waals surface area contributed by atoms with Crippen molar-refractivity contribution < 1.29 is 9.36 Å². The van der Waals surface area contributed by atoms with Crippen molar-refractivity contribution in [2.75, 3.05) is 5.32 Å². The largest absolute Gasteiger partial charge is 0.382 e. The highest BCUT2D eigenvalue weighted by molar-refractivity contribution is 6.00. The van der Waals surface area contributed by atoms with Crippen molar-refractivity contribution in [1.82, 2.24) is 29.8 Å². The molecule has 0 aliphatic heterocycles. The topological polar surface area (TPSA) is 125 Å². The van der Waals surface area contributed by atoms with E-state index in [4.69, 9.17) is 5.26 Å². The number of aromatic nitrogens is 6. The number of fused-ring (bicyclic) bond motifs is 1.